The number of aryl methyl sites for hydroxylation is 1. The van der Waals surface area contributed by atoms with Gasteiger partial charge in [0.15, 0.2) is 5.13 Å². The fourth-order valence-corrected chi connectivity index (χ4v) is 3.68. The molecule has 2 rings (SSSR count). The van der Waals surface area contributed by atoms with Crippen molar-refractivity contribution in [3.63, 3.8) is 0 Å². The monoisotopic (exact) mass is 363 g/mol. The number of nitrogens with zero attached hydrogens (tertiary/aromatic N) is 3. The molecule has 1 aromatic heterocycles. The first-order valence-corrected chi connectivity index (χ1v) is 8.51. The van der Waals surface area contributed by atoms with Gasteiger partial charge in [-0.2, -0.15) is 5.26 Å². The number of hydrogen-bond acceptors (Lipinski definition) is 8. The second kappa shape index (κ2) is 7.76. The predicted octanol–water partition coefficient (Wildman–Crippen LogP) is 3.27. The number of carbonyl (C=O) groups excluding carboxylic acids is 1. The summed E-state index contributed by atoms with van der Waals surface area (Å²) in [6.45, 7) is 1.79. The third-order valence-corrected chi connectivity index (χ3v) is 5.27. The lowest BCUT2D eigenvalue weighted by molar-refractivity contribution is -0.384. The Hall–Kier alpha value is -2.64. The molecule has 0 aliphatic heterocycles. The summed E-state index contributed by atoms with van der Waals surface area (Å²) in [5, 5.41) is 25.4. The van der Waals surface area contributed by atoms with E-state index in [0.717, 1.165) is 9.90 Å². The number of hydrogen-bond donors (Lipinski definition) is 2. The zero-order valence-electron chi connectivity index (χ0n) is 12.8. The maximum atomic E-state index is 12.4. The molecule has 24 heavy (non-hydrogen) atoms. The molecule has 0 saturated carbocycles. The molecule has 0 aliphatic rings. The number of aromatic nitrogens is 1. The molecular weight excluding hydrogens is 350 g/mol. The summed E-state index contributed by atoms with van der Waals surface area (Å²) in [7, 11) is 1.63. The number of benzene rings is 1. The van der Waals surface area contributed by atoms with Crippen molar-refractivity contribution in [2.45, 2.75) is 11.1 Å². The Morgan fingerprint density at radius 3 is 2.92 bits per heavy atom. The van der Waals surface area contributed by atoms with Crippen molar-refractivity contribution in [2.75, 3.05) is 23.4 Å². The van der Waals surface area contributed by atoms with Gasteiger partial charge in [-0.05, 0) is 13.0 Å². The van der Waals surface area contributed by atoms with Crippen molar-refractivity contribution in [2.24, 2.45) is 0 Å². The topological polar surface area (TPSA) is 121 Å². The average molecular weight is 363 g/mol. The minimum atomic E-state index is -0.555. The number of thioether (sulfide) groups is 1. The van der Waals surface area contributed by atoms with Gasteiger partial charge in [0.25, 0.3) is 11.6 Å². The van der Waals surface area contributed by atoms with E-state index in [4.69, 9.17) is 5.26 Å². The Morgan fingerprint density at radius 1 is 1.54 bits per heavy atom. The van der Waals surface area contributed by atoms with Crippen LogP contribution >= 0.6 is 23.1 Å². The Kier molecular flexibility index (Phi) is 5.73. The van der Waals surface area contributed by atoms with Crippen molar-refractivity contribution in [3.05, 3.63) is 39.6 Å². The van der Waals surface area contributed by atoms with E-state index in [1.807, 2.05) is 6.07 Å². The first-order chi connectivity index (χ1) is 11.5. The zero-order chi connectivity index (χ0) is 17.7. The third kappa shape index (κ3) is 4.01. The number of amides is 1. The highest BCUT2D eigenvalue weighted by Crippen LogP contribution is 2.32. The summed E-state index contributed by atoms with van der Waals surface area (Å²) in [5.74, 6) is -0.195. The quantitative estimate of drug-likeness (QED) is 0.459. The van der Waals surface area contributed by atoms with Crippen LogP contribution in [0.25, 0.3) is 0 Å². The molecule has 2 aromatic rings. The number of rotatable bonds is 6. The van der Waals surface area contributed by atoms with E-state index in [9.17, 15) is 14.9 Å². The molecule has 2 N–H and O–H groups in total. The number of nitro benzene ring substituents is 1. The van der Waals surface area contributed by atoms with Crippen molar-refractivity contribution < 1.29 is 9.72 Å². The highest BCUT2D eigenvalue weighted by atomic mass is 32.2. The molecule has 8 nitrogen and oxygen atoms in total. The molecule has 10 heteroatoms. The fraction of sp³-hybridized carbons (Fsp3) is 0.214. The highest BCUT2D eigenvalue weighted by molar-refractivity contribution is 8.01. The average Bonchev–Trinajstić information content (AvgIpc) is 2.91. The van der Waals surface area contributed by atoms with Crippen LogP contribution in [0.5, 0.6) is 0 Å². The summed E-state index contributed by atoms with van der Waals surface area (Å²) in [4.78, 5) is 27.0. The van der Waals surface area contributed by atoms with E-state index < -0.39 is 10.8 Å². The van der Waals surface area contributed by atoms with Crippen LogP contribution < -0.4 is 10.6 Å². The summed E-state index contributed by atoms with van der Waals surface area (Å²) in [6, 6.07) is 6.06. The van der Waals surface area contributed by atoms with Gasteiger partial charge in [-0.15, -0.1) is 0 Å². The smallest absolute Gasteiger partial charge is 0.270 e. The lowest BCUT2D eigenvalue weighted by Crippen LogP contribution is -2.14. The molecule has 1 aromatic carbocycles. The molecule has 0 radical (unpaired) electrons. The summed E-state index contributed by atoms with van der Waals surface area (Å²) in [5.41, 5.74) is 1.19. The maximum absolute atomic E-state index is 12.4. The lowest BCUT2D eigenvalue weighted by atomic mass is 10.1. The van der Waals surface area contributed by atoms with Crippen LogP contribution in [0, 0.1) is 28.4 Å². The molecular formula is C14H13N5O3S2. The van der Waals surface area contributed by atoms with Crippen LogP contribution in [-0.4, -0.2) is 28.6 Å². The Morgan fingerprint density at radius 2 is 2.29 bits per heavy atom. The molecule has 1 heterocycles. The number of non-ortho nitro benzene ring substituents is 1. The van der Waals surface area contributed by atoms with Gasteiger partial charge in [0.1, 0.15) is 0 Å². The van der Waals surface area contributed by atoms with Crippen LogP contribution in [0.15, 0.2) is 22.4 Å². The Balaban J connectivity index is 2.25. The van der Waals surface area contributed by atoms with Crippen LogP contribution in [0.1, 0.15) is 16.1 Å². The fourth-order valence-electron chi connectivity index (χ4n) is 1.88. The molecule has 0 aliphatic carbocycles. The van der Waals surface area contributed by atoms with Gasteiger partial charge in [-0.1, -0.05) is 23.1 Å². The van der Waals surface area contributed by atoms with Gasteiger partial charge in [0.05, 0.1) is 32.2 Å². The number of nitriles is 1. The molecule has 1 amide bonds. The van der Waals surface area contributed by atoms with Gasteiger partial charge < -0.3 is 5.32 Å². The van der Waals surface area contributed by atoms with E-state index in [1.54, 1.807) is 14.0 Å². The van der Waals surface area contributed by atoms with E-state index in [1.165, 1.54) is 41.3 Å². The third-order valence-electron chi connectivity index (χ3n) is 2.97. The number of nitro groups is 1. The predicted molar refractivity (Wildman–Crippen MR) is 93.8 cm³/mol. The van der Waals surface area contributed by atoms with E-state index in [0.29, 0.717) is 16.6 Å². The number of thiazole rings is 1. The first kappa shape index (κ1) is 17.7. The molecule has 0 fully saturated rings. The van der Waals surface area contributed by atoms with E-state index in [-0.39, 0.29) is 11.3 Å². The number of nitrogens with one attached hydrogen (secondary N) is 2. The minimum absolute atomic E-state index is 0.158. The van der Waals surface area contributed by atoms with Crippen molar-refractivity contribution >= 4 is 45.5 Å². The van der Waals surface area contributed by atoms with Gasteiger partial charge in [0, 0.05) is 24.9 Å². The van der Waals surface area contributed by atoms with Crippen molar-refractivity contribution in [1.29, 1.82) is 5.26 Å². The first-order valence-electron chi connectivity index (χ1n) is 6.71. The minimum Gasteiger partial charge on any atom is -0.387 e. The van der Waals surface area contributed by atoms with Crippen LogP contribution in [0.3, 0.4) is 0 Å². The standard InChI is InChI=1S/C14H13N5O3S2/c1-8-13(23-6-5-15)24-14(17-8)18-12(20)10-7-9(19(21)22)3-4-11(10)16-2/h3-4,7,16H,6H2,1-2H3,(H,17,18,20). The van der Waals surface area contributed by atoms with Crippen LogP contribution in [0.4, 0.5) is 16.5 Å². The van der Waals surface area contributed by atoms with Gasteiger partial charge >= 0.3 is 0 Å². The normalized spacial score (nSPS) is 10.0. The number of carbonyl (C=O) groups is 1. The maximum Gasteiger partial charge on any atom is 0.270 e. The Bertz CT molecular complexity index is 828. The summed E-state index contributed by atoms with van der Waals surface area (Å²) >= 11 is 2.61. The largest absolute Gasteiger partial charge is 0.387 e. The van der Waals surface area contributed by atoms with Crippen molar-refractivity contribution in [3.8, 4) is 6.07 Å². The Labute approximate surface area is 146 Å². The highest BCUT2D eigenvalue weighted by Gasteiger charge is 2.18. The summed E-state index contributed by atoms with van der Waals surface area (Å²) < 4.78 is 0.847. The molecule has 0 saturated heterocycles. The van der Waals surface area contributed by atoms with Gasteiger partial charge in [-0.25, -0.2) is 4.98 Å². The van der Waals surface area contributed by atoms with Gasteiger partial charge in [0.2, 0.25) is 0 Å². The SMILES string of the molecule is CNc1ccc([N+](=O)[O-])cc1C(=O)Nc1nc(C)c(SCC#N)s1. The molecule has 0 spiro atoms. The van der Waals surface area contributed by atoms with Crippen molar-refractivity contribution in [1.82, 2.24) is 4.98 Å². The number of anilines is 2. The van der Waals surface area contributed by atoms with Gasteiger partial charge in [-0.3, -0.25) is 20.2 Å². The van der Waals surface area contributed by atoms with Crippen LogP contribution in [0.2, 0.25) is 0 Å². The molecule has 0 unspecified atom stereocenters. The molecule has 124 valence electrons. The lowest BCUT2D eigenvalue weighted by Gasteiger charge is -2.08. The van der Waals surface area contributed by atoms with E-state index >= 15 is 0 Å². The van der Waals surface area contributed by atoms with Crippen LogP contribution in [-0.2, 0) is 0 Å². The second-order valence-corrected chi connectivity index (χ2v) is 6.77. The molecule has 0 bridgehead atoms. The van der Waals surface area contributed by atoms with E-state index in [2.05, 4.69) is 15.6 Å². The summed E-state index contributed by atoms with van der Waals surface area (Å²) in [6.07, 6.45) is 0. The molecule has 0 atom stereocenters. The zero-order valence-corrected chi connectivity index (χ0v) is 14.5. The second-order valence-electron chi connectivity index (χ2n) is 4.53.